The minimum absolute atomic E-state index is 0.0738. The highest BCUT2D eigenvalue weighted by Gasteiger charge is 2.16. The first-order chi connectivity index (χ1) is 8.36. The van der Waals surface area contributed by atoms with Crippen molar-refractivity contribution in [1.29, 1.82) is 0 Å². The zero-order valence-corrected chi connectivity index (χ0v) is 11.8. The van der Waals surface area contributed by atoms with Crippen LogP contribution in [0.5, 0.6) is 5.75 Å². The SMILES string of the molecule is COc1cc(C)c(C)cc1CN(C)C(=O)C(C)N. The van der Waals surface area contributed by atoms with Crippen molar-refractivity contribution in [1.82, 2.24) is 4.90 Å². The summed E-state index contributed by atoms with van der Waals surface area (Å²) in [5.74, 6) is 0.734. The van der Waals surface area contributed by atoms with Crippen molar-refractivity contribution >= 4 is 5.91 Å². The maximum Gasteiger partial charge on any atom is 0.239 e. The van der Waals surface area contributed by atoms with Crippen molar-refractivity contribution in [3.05, 3.63) is 28.8 Å². The van der Waals surface area contributed by atoms with E-state index in [0.717, 1.165) is 11.3 Å². The van der Waals surface area contributed by atoms with E-state index in [0.29, 0.717) is 6.54 Å². The zero-order valence-electron chi connectivity index (χ0n) is 11.8. The molecule has 1 atom stereocenters. The van der Waals surface area contributed by atoms with Crippen LogP contribution in [-0.4, -0.2) is 31.0 Å². The van der Waals surface area contributed by atoms with Gasteiger partial charge in [0.25, 0.3) is 0 Å². The Bertz CT molecular complexity index is 442. The highest BCUT2D eigenvalue weighted by Crippen LogP contribution is 2.24. The molecular weight excluding hydrogens is 228 g/mol. The molecule has 0 saturated carbocycles. The Morgan fingerprint density at radius 2 is 1.94 bits per heavy atom. The molecule has 1 rings (SSSR count). The van der Waals surface area contributed by atoms with Crippen molar-refractivity contribution in [2.45, 2.75) is 33.4 Å². The number of amides is 1. The molecule has 4 heteroatoms. The number of nitrogens with two attached hydrogens (primary N) is 1. The lowest BCUT2D eigenvalue weighted by Crippen LogP contribution is -2.39. The van der Waals surface area contributed by atoms with Gasteiger partial charge in [-0.3, -0.25) is 4.79 Å². The fraction of sp³-hybridized carbons (Fsp3) is 0.500. The van der Waals surface area contributed by atoms with Crippen LogP contribution in [0, 0.1) is 13.8 Å². The van der Waals surface area contributed by atoms with Gasteiger partial charge in [0.15, 0.2) is 0 Å². The molecule has 0 aromatic heterocycles. The summed E-state index contributed by atoms with van der Waals surface area (Å²) in [7, 11) is 3.39. The van der Waals surface area contributed by atoms with E-state index in [4.69, 9.17) is 10.5 Å². The van der Waals surface area contributed by atoms with Crippen molar-refractivity contribution in [3.63, 3.8) is 0 Å². The van der Waals surface area contributed by atoms with E-state index in [1.165, 1.54) is 11.1 Å². The van der Waals surface area contributed by atoms with E-state index in [1.807, 2.05) is 19.9 Å². The van der Waals surface area contributed by atoms with Gasteiger partial charge in [-0.05, 0) is 38.0 Å². The Morgan fingerprint density at radius 1 is 1.39 bits per heavy atom. The van der Waals surface area contributed by atoms with E-state index >= 15 is 0 Å². The maximum absolute atomic E-state index is 11.8. The summed E-state index contributed by atoms with van der Waals surface area (Å²) in [6.07, 6.45) is 0. The van der Waals surface area contributed by atoms with Crippen molar-refractivity contribution in [2.75, 3.05) is 14.2 Å². The highest BCUT2D eigenvalue weighted by atomic mass is 16.5. The second-order valence-electron chi connectivity index (χ2n) is 4.73. The van der Waals surface area contributed by atoms with Crippen molar-refractivity contribution in [3.8, 4) is 5.75 Å². The molecule has 1 aromatic rings. The van der Waals surface area contributed by atoms with Gasteiger partial charge >= 0.3 is 0 Å². The molecule has 2 N–H and O–H groups in total. The first-order valence-corrected chi connectivity index (χ1v) is 6.01. The lowest BCUT2D eigenvalue weighted by atomic mass is 10.0. The number of ether oxygens (including phenoxy) is 1. The van der Waals surface area contributed by atoms with Crippen LogP contribution in [0.3, 0.4) is 0 Å². The molecule has 0 saturated heterocycles. The van der Waals surface area contributed by atoms with Gasteiger partial charge in [-0.1, -0.05) is 6.07 Å². The fourth-order valence-corrected chi connectivity index (χ4v) is 1.84. The third-order valence-corrected chi connectivity index (χ3v) is 3.07. The molecule has 0 fully saturated rings. The summed E-state index contributed by atoms with van der Waals surface area (Å²) < 4.78 is 5.35. The van der Waals surface area contributed by atoms with E-state index in [9.17, 15) is 4.79 Å². The molecule has 0 heterocycles. The minimum Gasteiger partial charge on any atom is -0.496 e. The van der Waals surface area contributed by atoms with Gasteiger partial charge in [0.2, 0.25) is 5.91 Å². The summed E-state index contributed by atoms with van der Waals surface area (Å²) >= 11 is 0. The van der Waals surface area contributed by atoms with Crippen LogP contribution >= 0.6 is 0 Å². The summed E-state index contributed by atoms with van der Waals surface area (Å²) in [5, 5.41) is 0. The monoisotopic (exact) mass is 250 g/mol. The van der Waals surface area contributed by atoms with Gasteiger partial charge < -0.3 is 15.4 Å². The fourth-order valence-electron chi connectivity index (χ4n) is 1.84. The standard InChI is InChI=1S/C14H22N2O2/c1-9-6-12(13(18-5)7-10(9)2)8-16(4)14(17)11(3)15/h6-7,11H,8,15H2,1-5H3. The summed E-state index contributed by atoms with van der Waals surface area (Å²) in [6, 6.07) is 3.57. The lowest BCUT2D eigenvalue weighted by Gasteiger charge is -2.21. The van der Waals surface area contributed by atoms with Crippen LogP contribution in [0.25, 0.3) is 0 Å². The van der Waals surface area contributed by atoms with Crippen molar-refractivity contribution < 1.29 is 9.53 Å². The molecule has 0 aliphatic carbocycles. The molecule has 0 spiro atoms. The van der Waals surface area contributed by atoms with Gasteiger partial charge in [-0.25, -0.2) is 0 Å². The van der Waals surface area contributed by atoms with Crippen LogP contribution < -0.4 is 10.5 Å². The maximum atomic E-state index is 11.8. The van der Waals surface area contributed by atoms with E-state index < -0.39 is 6.04 Å². The topological polar surface area (TPSA) is 55.6 Å². The van der Waals surface area contributed by atoms with E-state index in [1.54, 1.807) is 26.0 Å². The number of hydrogen-bond donors (Lipinski definition) is 1. The molecule has 1 amide bonds. The second-order valence-corrected chi connectivity index (χ2v) is 4.73. The molecule has 0 aliphatic rings. The summed E-state index contributed by atoms with van der Waals surface area (Å²) in [4.78, 5) is 13.4. The Morgan fingerprint density at radius 3 is 2.44 bits per heavy atom. The Kier molecular flexibility index (Phi) is 4.73. The number of hydrogen-bond acceptors (Lipinski definition) is 3. The lowest BCUT2D eigenvalue weighted by molar-refractivity contribution is -0.131. The molecular formula is C14H22N2O2. The molecule has 4 nitrogen and oxygen atoms in total. The Labute approximate surface area is 109 Å². The van der Waals surface area contributed by atoms with Crippen LogP contribution in [0.4, 0.5) is 0 Å². The van der Waals surface area contributed by atoms with E-state index in [2.05, 4.69) is 6.07 Å². The van der Waals surface area contributed by atoms with Gasteiger partial charge in [0.1, 0.15) is 5.75 Å². The van der Waals surface area contributed by atoms with Gasteiger partial charge in [0.05, 0.1) is 13.2 Å². The number of rotatable bonds is 4. The number of nitrogens with zero attached hydrogens (tertiary/aromatic N) is 1. The average molecular weight is 250 g/mol. The first kappa shape index (κ1) is 14.5. The first-order valence-electron chi connectivity index (χ1n) is 6.01. The number of methoxy groups -OCH3 is 1. The third-order valence-electron chi connectivity index (χ3n) is 3.07. The quantitative estimate of drug-likeness (QED) is 0.883. The van der Waals surface area contributed by atoms with Gasteiger partial charge in [0, 0.05) is 19.2 Å². The van der Waals surface area contributed by atoms with Crippen molar-refractivity contribution in [2.24, 2.45) is 5.73 Å². The summed E-state index contributed by atoms with van der Waals surface area (Å²) in [6.45, 7) is 6.28. The summed E-state index contributed by atoms with van der Waals surface area (Å²) in [5.41, 5.74) is 8.95. The molecule has 100 valence electrons. The Hall–Kier alpha value is -1.55. The number of aryl methyl sites for hydroxylation is 2. The van der Waals surface area contributed by atoms with Crippen LogP contribution in [0.15, 0.2) is 12.1 Å². The smallest absolute Gasteiger partial charge is 0.239 e. The Balaban J connectivity index is 2.96. The zero-order chi connectivity index (χ0) is 13.9. The highest BCUT2D eigenvalue weighted by molar-refractivity contribution is 5.81. The predicted octanol–water partition coefficient (Wildman–Crippen LogP) is 1.62. The molecule has 1 aromatic carbocycles. The van der Waals surface area contributed by atoms with Crippen LogP contribution in [0.2, 0.25) is 0 Å². The third kappa shape index (κ3) is 3.23. The molecule has 18 heavy (non-hydrogen) atoms. The van der Waals surface area contributed by atoms with Gasteiger partial charge in [-0.15, -0.1) is 0 Å². The molecule has 0 bridgehead atoms. The van der Waals surface area contributed by atoms with Gasteiger partial charge in [-0.2, -0.15) is 0 Å². The normalized spacial score (nSPS) is 12.1. The second kappa shape index (κ2) is 5.87. The predicted molar refractivity (Wildman–Crippen MR) is 72.6 cm³/mol. The molecule has 1 unspecified atom stereocenters. The minimum atomic E-state index is -0.479. The average Bonchev–Trinajstić information content (AvgIpc) is 2.32. The number of likely N-dealkylation sites (N-methyl/N-ethyl adjacent to an activating group) is 1. The van der Waals surface area contributed by atoms with Crippen LogP contribution in [-0.2, 0) is 11.3 Å². The number of benzene rings is 1. The molecule has 0 radical (unpaired) electrons. The van der Waals surface area contributed by atoms with E-state index in [-0.39, 0.29) is 5.91 Å². The largest absolute Gasteiger partial charge is 0.496 e. The molecule has 0 aliphatic heterocycles. The number of carbonyl (C=O) groups excluding carboxylic acids is 1. The number of carbonyl (C=O) groups is 1. The van der Waals surface area contributed by atoms with Crippen LogP contribution in [0.1, 0.15) is 23.6 Å².